The number of benzene rings is 2. The SMILES string of the molecule is C=C1C=C(c2cc(=O)c3cc(F)cc(C(C)Nc4ccccc4C(=O)OC(C)(C)C)c3o2)C=CC1=N.CN. The molecule has 198 valence electrons. The summed E-state index contributed by atoms with van der Waals surface area (Å²) in [5.41, 5.74) is 6.26. The molecule has 0 bridgehead atoms. The zero-order valence-electron chi connectivity index (χ0n) is 22.1. The van der Waals surface area contributed by atoms with Gasteiger partial charge in [0.15, 0.2) is 5.43 Å². The quantitative estimate of drug-likeness (QED) is 0.349. The van der Waals surface area contributed by atoms with E-state index in [1.54, 1.807) is 70.2 Å². The first kappa shape index (κ1) is 28.3. The molecule has 0 fully saturated rings. The first-order valence-corrected chi connectivity index (χ1v) is 12.0. The number of carbonyl (C=O) groups excluding carboxylic acids is 1. The summed E-state index contributed by atoms with van der Waals surface area (Å²) in [6.45, 7) is 11.0. The molecular formula is C30H32FN3O4. The topological polar surface area (TPSA) is 118 Å². The van der Waals surface area contributed by atoms with Crippen molar-refractivity contribution < 1.29 is 18.3 Å². The Morgan fingerprint density at radius 2 is 1.84 bits per heavy atom. The minimum absolute atomic E-state index is 0.106. The molecule has 1 heterocycles. The highest BCUT2D eigenvalue weighted by Gasteiger charge is 2.23. The molecule has 2 aromatic carbocycles. The third-order valence-corrected chi connectivity index (χ3v) is 5.60. The van der Waals surface area contributed by atoms with Crippen molar-refractivity contribution in [2.24, 2.45) is 5.73 Å². The number of carbonyl (C=O) groups is 1. The van der Waals surface area contributed by atoms with Gasteiger partial charge >= 0.3 is 5.97 Å². The number of halogens is 1. The van der Waals surface area contributed by atoms with Gasteiger partial charge in [0.05, 0.1) is 22.7 Å². The van der Waals surface area contributed by atoms with E-state index in [4.69, 9.17) is 14.6 Å². The van der Waals surface area contributed by atoms with E-state index in [0.29, 0.717) is 28.0 Å². The summed E-state index contributed by atoms with van der Waals surface area (Å²) < 4.78 is 26.2. The van der Waals surface area contributed by atoms with Gasteiger partial charge in [-0.05, 0) is 82.8 Å². The van der Waals surface area contributed by atoms with E-state index in [0.717, 1.165) is 6.07 Å². The molecule has 0 amide bonds. The van der Waals surface area contributed by atoms with Crippen LogP contribution in [0.4, 0.5) is 10.1 Å². The average molecular weight is 518 g/mol. The third kappa shape index (κ3) is 6.33. The maximum Gasteiger partial charge on any atom is 0.340 e. The second-order valence-electron chi connectivity index (χ2n) is 9.63. The minimum atomic E-state index is -0.666. The summed E-state index contributed by atoms with van der Waals surface area (Å²) in [6.07, 6.45) is 4.91. The smallest absolute Gasteiger partial charge is 0.340 e. The highest BCUT2D eigenvalue weighted by molar-refractivity contribution is 6.12. The number of para-hydroxylation sites is 1. The van der Waals surface area contributed by atoms with Crippen molar-refractivity contribution in [2.45, 2.75) is 39.3 Å². The lowest BCUT2D eigenvalue weighted by Crippen LogP contribution is -2.24. The maximum absolute atomic E-state index is 14.6. The van der Waals surface area contributed by atoms with Gasteiger partial charge in [0, 0.05) is 22.9 Å². The number of fused-ring (bicyclic) bond motifs is 1. The second kappa shape index (κ2) is 11.4. The lowest BCUT2D eigenvalue weighted by molar-refractivity contribution is 0.00706. The molecule has 0 spiro atoms. The number of hydrogen-bond donors (Lipinski definition) is 3. The molecule has 0 radical (unpaired) electrons. The number of ether oxygens (including phenoxy) is 1. The summed E-state index contributed by atoms with van der Waals surface area (Å²) in [6, 6.07) is 10.1. The van der Waals surface area contributed by atoms with E-state index in [1.165, 1.54) is 19.2 Å². The molecule has 1 aromatic heterocycles. The van der Waals surface area contributed by atoms with Crippen LogP contribution in [0.15, 0.2) is 82.1 Å². The number of esters is 1. The van der Waals surface area contributed by atoms with Gasteiger partial charge in [-0.25, -0.2) is 9.18 Å². The molecule has 1 atom stereocenters. The normalized spacial score (nSPS) is 13.9. The lowest BCUT2D eigenvalue weighted by Gasteiger charge is -2.22. The van der Waals surface area contributed by atoms with Crippen LogP contribution in [0.25, 0.3) is 16.5 Å². The van der Waals surface area contributed by atoms with E-state index in [-0.39, 0.29) is 22.4 Å². The standard InChI is InChI=1S/C29H27FN2O4.CH5N/c1-16-12-18(10-11-23(16)31)26-15-25(33)22-14-19(30)13-21(27(22)35-26)17(2)32-24-9-7-6-8-20(24)28(34)36-29(3,4)5;1-2/h6-15,17,31-32H,1H2,2-5H3;2H2,1H3. The Morgan fingerprint density at radius 3 is 2.50 bits per heavy atom. The van der Waals surface area contributed by atoms with E-state index in [1.807, 2.05) is 0 Å². The van der Waals surface area contributed by atoms with E-state index in [9.17, 15) is 14.0 Å². The van der Waals surface area contributed by atoms with Crippen LogP contribution in [0.5, 0.6) is 0 Å². The van der Waals surface area contributed by atoms with Crippen LogP contribution in [0.3, 0.4) is 0 Å². The third-order valence-electron chi connectivity index (χ3n) is 5.60. The van der Waals surface area contributed by atoms with Crippen LogP contribution >= 0.6 is 0 Å². The van der Waals surface area contributed by atoms with Crippen molar-refractivity contribution in [3.05, 3.63) is 106 Å². The Morgan fingerprint density at radius 1 is 1.16 bits per heavy atom. The second-order valence-corrected chi connectivity index (χ2v) is 9.63. The van der Waals surface area contributed by atoms with Gasteiger partial charge in [-0.2, -0.15) is 0 Å². The molecule has 1 aliphatic rings. The van der Waals surface area contributed by atoms with Crippen LogP contribution in [0.1, 0.15) is 55.4 Å². The highest BCUT2D eigenvalue weighted by atomic mass is 19.1. The van der Waals surface area contributed by atoms with Gasteiger partial charge in [-0.3, -0.25) is 4.79 Å². The first-order valence-electron chi connectivity index (χ1n) is 12.0. The molecular weight excluding hydrogens is 485 g/mol. The summed E-state index contributed by atoms with van der Waals surface area (Å²) in [4.78, 5) is 25.7. The fraction of sp³-hybridized carbons (Fsp3) is 0.233. The molecule has 8 heteroatoms. The molecule has 38 heavy (non-hydrogen) atoms. The number of nitrogens with one attached hydrogen (secondary N) is 2. The lowest BCUT2D eigenvalue weighted by atomic mass is 9.98. The average Bonchev–Trinajstić information content (AvgIpc) is 2.86. The van der Waals surface area contributed by atoms with Crippen molar-refractivity contribution >= 4 is 33.9 Å². The largest absolute Gasteiger partial charge is 0.456 e. The molecule has 0 saturated heterocycles. The zero-order valence-corrected chi connectivity index (χ0v) is 22.1. The number of nitrogens with two attached hydrogens (primary N) is 1. The van der Waals surface area contributed by atoms with Crippen LogP contribution < -0.4 is 16.5 Å². The summed E-state index contributed by atoms with van der Waals surface area (Å²) in [5, 5.41) is 11.2. The van der Waals surface area contributed by atoms with Crippen molar-refractivity contribution in [3.8, 4) is 0 Å². The van der Waals surface area contributed by atoms with E-state index >= 15 is 0 Å². The minimum Gasteiger partial charge on any atom is -0.456 e. The zero-order chi connectivity index (χ0) is 28.2. The Balaban J connectivity index is 0.00000195. The Labute approximate surface area is 221 Å². The monoisotopic (exact) mass is 517 g/mol. The van der Waals surface area contributed by atoms with Gasteiger partial charge < -0.3 is 25.6 Å². The van der Waals surface area contributed by atoms with Crippen LogP contribution in [-0.2, 0) is 4.74 Å². The predicted molar refractivity (Wildman–Crippen MR) is 150 cm³/mol. The Kier molecular flexibility index (Phi) is 8.48. The molecule has 3 aromatic rings. The van der Waals surface area contributed by atoms with Crippen LogP contribution in [0.2, 0.25) is 0 Å². The van der Waals surface area contributed by atoms with Crippen molar-refractivity contribution in [1.29, 1.82) is 5.41 Å². The summed E-state index contributed by atoms with van der Waals surface area (Å²) >= 11 is 0. The molecule has 4 N–H and O–H groups in total. The van der Waals surface area contributed by atoms with Crippen molar-refractivity contribution in [1.82, 2.24) is 0 Å². The molecule has 4 rings (SSSR count). The van der Waals surface area contributed by atoms with Gasteiger partial charge in [0.25, 0.3) is 0 Å². The number of hydrogen-bond acceptors (Lipinski definition) is 7. The van der Waals surface area contributed by atoms with Crippen LogP contribution in [-0.4, -0.2) is 24.3 Å². The number of rotatable bonds is 5. The molecule has 0 saturated carbocycles. The van der Waals surface area contributed by atoms with E-state index < -0.39 is 28.9 Å². The summed E-state index contributed by atoms with van der Waals surface area (Å²) in [5.74, 6) is -0.783. The van der Waals surface area contributed by atoms with Crippen molar-refractivity contribution in [2.75, 3.05) is 12.4 Å². The van der Waals surface area contributed by atoms with Gasteiger partial charge in [0.1, 0.15) is 22.8 Å². The molecule has 0 aliphatic heterocycles. The number of allylic oxidation sites excluding steroid dienone is 5. The highest BCUT2D eigenvalue weighted by Crippen LogP contribution is 2.31. The fourth-order valence-corrected chi connectivity index (χ4v) is 3.89. The van der Waals surface area contributed by atoms with Gasteiger partial charge in [-0.15, -0.1) is 0 Å². The Bertz CT molecular complexity index is 1530. The summed E-state index contributed by atoms with van der Waals surface area (Å²) in [7, 11) is 1.50. The molecule has 7 nitrogen and oxygen atoms in total. The van der Waals surface area contributed by atoms with E-state index in [2.05, 4.69) is 17.6 Å². The maximum atomic E-state index is 14.6. The van der Waals surface area contributed by atoms with Gasteiger partial charge in [-0.1, -0.05) is 18.7 Å². The first-order chi connectivity index (χ1) is 17.9. The number of anilines is 1. The fourth-order valence-electron chi connectivity index (χ4n) is 3.89. The van der Waals surface area contributed by atoms with Crippen LogP contribution in [0, 0.1) is 11.2 Å². The predicted octanol–water partition coefficient (Wildman–Crippen LogP) is 6.16. The van der Waals surface area contributed by atoms with Gasteiger partial charge in [0.2, 0.25) is 0 Å². The molecule has 1 aliphatic carbocycles. The molecule has 1 unspecified atom stereocenters. The van der Waals surface area contributed by atoms with Crippen molar-refractivity contribution in [3.63, 3.8) is 0 Å². The Hall–Kier alpha value is -4.30.